The second kappa shape index (κ2) is 10.2. The maximum Gasteiger partial charge on any atom is 0.274 e. The van der Waals surface area contributed by atoms with Gasteiger partial charge in [-0.05, 0) is 53.8 Å². The van der Waals surface area contributed by atoms with Crippen molar-refractivity contribution in [3.63, 3.8) is 0 Å². The molecule has 1 N–H and O–H groups in total. The van der Waals surface area contributed by atoms with Crippen molar-refractivity contribution >= 4 is 5.69 Å². The predicted molar refractivity (Wildman–Crippen MR) is 137 cm³/mol. The Morgan fingerprint density at radius 1 is 0.889 bits per heavy atom. The Labute approximate surface area is 211 Å². The number of halogens is 2. The fourth-order valence-electron chi connectivity index (χ4n) is 6.08. The van der Waals surface area contributed by atoms with Crippen LogP contribution in [0, 0.1) is 5.92 Å². The van der Waals surface area contributed by atoms with Gasteiger partial charge in [0.2, 0.25) is 0 Å². The van der Waals surface area contributed by atoms with E-state index >= 15 is 8.78 Å². The summed E-state index contributed by atoms with van der Waals surface area (Å²) in [5.41, 5.74) is 3.54. The van der Waals surface area contributed by atoms with Crippen LogP contribution in [0.5, 0.6) is 5.75 Å². The maximum atomic E-state index is 15.3. The highest BCUT2D eigenvalue weighted by Gasteiger charge is 2.47. The Kier molecular flexibility index (Phi) is 7.00. The molecular formula is C30H33F2NO3. The second-order valence-electron chi connectivity index (χ2n) is 9.93. The molecule has 1 aliphatic carbocycles. The molecule has 1 aliphatic heterocycles. The van der Waals surface area contributed by atoms with Crippen LogP contribution in [0.2, 0.25) is 0 Å². The van der Waals surface area contributed by atoms with Gasteiger partial charge in [-0.2, -0.15) is 0 Å². The number of rotatable bonds is 6. The van der Waals surface area contributed by atoms with Gasteiger partial charge in [-0.25, -0.2) is 8.78 Å². The third-order valence-corrected chi connectivity index (χ3v) is 7.88. The molecule has 1 saturated heterocycles. The average Bonchev–Trinajstić information content (AvgIpc) is 2.90. The smallest absolute Gasteiger partial charge is 0.274 e. The number of aromatic hydroxyl groups is 1. The van der Waals surface area contributed by atoms with Crippen LogP contribution in [0.4, 0.5) is 14.5 Å². The van der Waals surface area contributed by atoms with Gasteiger partial charge in [-0.3, -0.25) is 0 Å². The van der Waals surface area contributed by atoms with Crippen molar-refractivity contribution in [2.45, 2.75) is 43.3 Å². The lowest BCUT2D eigenvalue weighted by Gasteiger charge is -2.39. The highest BCUT2D eigenvalue weighted by atomic mass is 19.3. The molecule has 5 rings (SSSR count). The van der Waals surface area contributed by atoms with E-state index in [0.29, 0.717) is 11.5 Å². The number of fused-ring (bicyclic) bond motifs is 1. The number of hydrogen-bond acceptors (Lipinski definition) is 4. The zero-order chi connectivity index (χ0) is 25.3. The lowest BCUT2D eigenvalue weighted by Crippen LogP contribution is -2.39. The third kappa shape index (κ3) is 4.72. The van der Waals surface area contributed by atoms with Crippen molar-refractivity contribution in [3.05, 3.63) is 95.1 Å². The number of piperidine rings is 1. The normalized spacial score (nSPS) is 22.0. The number of methoxy groups -OCH3 is 2. The SMILES string of the molecule is COC(OC)C1CCN(c2ccc([C@H]3c4ccc(O)cc4C(F)(F)C[C@H]3c3ccccc3)cc2)CC1. The average molecular weight is 494 g/mol. The molecule has 1 heterocycles. The second-order valence-corrected chi connectivity index (χ2v) is 9.93. The molecule has 190 valence electrons. The molecule has 1 fully saturated rings. The summed E-state index contributed by atoms with van der Waals surface area (Å²) in [4.78, 5) is 2.36. The van der Waals surface area contributed by atoms with Gasteiger partial charge in [0.1, 0.15) is 5.75 Å². The molecule has 3 aromatic rings. The van der Waals surface area contributed by atoms with Gasteiger partial charge in [-0.1, -0.05) is 48.5 Å². The minimum atomic E-state index is -3.02. The summed E-state index contributed by atoms with van der Waals surface area (Å²) >= 11 is 0. The van der Waals surface area contributed by atoms with E-state index < -0.39 is 5.92 Å². The predicted octanol–water partition coefficient (Wildman–Crippen LogP) is 6.64. The topological polar surface area (TPSA) is 41.9 Å². The molecule has 3 aromatic carbocycles. The van der Waals surface area contributed by atoms with Crippen LogP contribution < -0.4 is 4.90 Å². The molecular weight excluding hydrogens is 460 g/mol. The molecule has 6 heteroatoms. The van der Waals surface area contributed by atoms with Gasteiger partial charge in [-0.15, -0.1) is 0 Å². The van der Waals surface area contributed by atoms with Crippen LogP contribution in [0.25, 0.3) is 0 Å². The molecule has 0 aromatic heterocycles. The van der Waals surface area contributed by atoms with Crippen molar-refractivity contribution in [3.8, 4) is 5.75 Å². The highest BCUT2D eigenvalue weighted by molar-refractivity contribution is 5.53. The van der Waals surface area contributed by atoms with Crippen molar-refractivity contribution in [1.29, 1.82) is 0 Å². The maximum absolute atomic E-state index is 15.3. The number of ether oxygens (including phenoxy) is 2. The van der Waals surface area contributed by atoms with E-state index in [1.165, 1.54) is 12.1 Å². The Hall–Kier alpha value is -2.96. The molecule has 2 aliphatic rings. The fraction of sp³-hybridized carbons (Fsp3) is 0.400. The number of benzene rings is 3. The van der Waals surface area contributed by atoms with Gasteiger partial charge in [0.25, 0.3) is 5.92 Å². The van der Waals surface area contributed by atoms with Crippen LogP contribution >= 0.6 is 0 Å². The largest absolute Gasteiger partial charge is 0.508 e. The first-order valence-corrected chi connectivity index (χ1v) is 12.6. The number of phenolic OH excluding ortho intramolecular Hbond substituents is 1. The molecule has 0 radical (unpaired) electrons. The molecule has 0 saturated carbocycles. The lowest BCUT2D eigenvalue weighted by atomic mass is 9.68. The van der Waals surface area contributed by atoms with Crippen molar-refractivity contribution in [2.75, 3.05) is 32.2 Å². The minimum Gasteiger partial charge on any atom is -0.508 e. The molecule has 4 nitrogen and oxygen atoms in total. The van der Waals surface area contributed by atoms with Gasteiger partial charge in [0, 0.05) is 62.7 Å². The Bertz CT molecular complexity index is 1160. The number of nitrogens with zero attached hydrogens (tertiary/aromatic N) is 1. The molecule has 36 heavy (non-hydrogen) atoms. The van der Waals surface area contributed by atoms with E-state index in [4.69, 9.17) is 9.47 Å². The summed E-state index contributed by atoms with van der Waals surface area (Å²) in [5, 5.41) is 9.97. The van der Waals surface area contributed by atoms with Crippen LogP contribution in [0.3, 0.4) is 0 Å². The van der Waals surface area contributed by atoms with Gasteiger partial charge < -0.3 is 19.5 Å². The number of hydrogen-bond donors (Lipinski definition) is 1. The van der Waals surface area contributed by atoms with Crippen molar-refractivity contribution in [1.82, 2.24) is 0 Å². The van der Waals surface area contributed by atoms with E-state index in [0.717, 1.165) is 42.7 Å². The summed E-state index contributed by atoms with van der Waals surface area (Å²) in [7, 11) is 3.37. The first kappa shape index (κ1) is 24.7. The molecule has 0 unspecified atom stereocenters. The lowest BCUT2D eigenvalue weighted by molar-refractivity contribution is -0.141. The summed E-state index contributed by atoms with van der Waals surface area (Å²) in [5.74, 6) is -3.38. The quantitative estimate of drug-likeness (QED) is 0.391. The summed E-state index contributed by atoms with van der Waals surface area (Å²) in [6, 6.07) is 22.4. The standard InChI is InChI=1S/C30H33F2NO3/c1-35-29(36-2)22-14-16-33(17-15-22)23-10-8-21(9-11-23)28-25-13-12-24(34)18-27(25)30(31,32)19-26(28)20-6-4-3-5-7-20/h3-13,18,22,26,28-29,34H,14-17,19H2,1-2H3/t26-,28-/m0/s1. The van der Waals surface area contributed by atoms with E-state index in [1.54, 1.807) is 20.3 Å². The van der Waals surface area contributed by atoms with Crippen LogP contribution in [0.15, 0.2) is 72.8 Å². The Morgan fingerprint density at radius 2 is 1.56 bits per heavy atom. The van der Waals surface area contributed by atoms with Gasteiger partial charge in [0.15, 0.2) is 6.29 Å². The first-order valence-electron chi connectivity index (χ1n) is 12.6. The van der Waals surface area contributed by atoms with Crippen LogP contribution in [-0.4, -0.2) is 38.7 Å². The number of alkyl halides is 2. The van der Waals surface area contributed by atoms with E-state index in [-0.39, 0.29) is 35.9 Å². The summed E-state index contributed by atoms with van der Waals surface area (Å²) in [6.07, 6.45) is 1.50. The first-order chi connectivity index (χ1) is 17.4. The van der Waals surface area contributed by atoms with Gasteiger partial charge in [0.05, 0.1) is 0 Å². The van der Waals surface area contributed by atoms with Crippen LogP contribution in [0.1, 0.15) is 53.4 Å². The van der Waals surface area contributed by atoms with Crippen molar-refractivity contribution in [2.24, 2.45) is 5.92 Å². The summed E-state index contributed by atoms with van der Waals surface area (Å²) < 4.78 is 41.5. The van der Waals surface area contributed by atoms with Crippen LogP contribution in [-0.2, 0) is 15.4 Å². The highest BCUT2D eigenvalue weighted by Crippen LogP contribution is 2.54. The fourth-order valence-corrected chi connectivity index (χ4v) is 6.08. The van der Waals surface area contributed by atoms with Gasteiger partial charge >= 0.3 is 0 Å². The Balaban J connectivity index is 1.45. The monoisotopic (exact) mass is 493 g/mol. The molecule has 0 spiro atoms. The summed E-state index contributed by atoms with van der Waals surface area (Å²) in [6.45, 7) is 1.83. The van der Waals surface area contributed by atoms with E-state index in [9.17, 15) is 5.11 Å². The third-order valence-electron chi connectivity index (χ3n) is 7.88. The zero-order valence-corrected chi connectivity index (χ0v) is 20.7. The van der Waals surface area contributed by atoms with Crippen molar-refractivity contribution < 1.29 is 23.4 Å². The molecule has 0 amide bonds. The Morgan fingerprint density at radius 3 is 2.19 bits per heavy atom. The molecule has 0 bridgehead atoms. The number of phenols is 1. The number of anilines is 1. The van der Waals surface area contributed by atoms with E-state index in [2.05, 4.69) is 29.2 Å². The van der Waals surface area contributed by atoms with E-state index in [1.807, 2.05) is 30.3 Å². The zero-order valence-electron chi connectivity index (χ0n) is 20.7. The molecule has 2 atom stereocenters. The minimum absolute atomic E-state index is 0.0725.